The van der Waals surface area contributed by atoms with E-state index in [1.807, 2.05) is 32.0 Å². The predicted octanol–water partition coefficient (Wildman–Crippen LogP) is 2.15. The molecule has 0 spiro atoms. The molecule has 0 radical (unpaired) electrons. The topological polar surface area (TPSA) is 84.8 Å². The molecule has 0 aliphatic rings. The van der Waals surface area contributed by atoms with Crippen LogP contribution in [0.5, 0.6) is 5.75 Å². The summed E-state index contributed by atoms with van der Waals surface area (Å²) in [5.74, 6) is 0.464. The van der Waals surface area contributed by atoms with Gasteiger partial charge >= 0.3 is 0 Å². The molecule has 1 amide bonds. The number of carbonyl (C=O) groups excluding carboxylic acids is 1. The first-order chi connectivity index (χ1) is 11.6. The van der Waals surface area contributed by atoms with E-state index in [1.165, 1.54) is 0 Å². The number of methoxy groups -OCH3 is 1. The highest BCUT2D eigenvalue weighted by Crippen LogP contribution is 2.23. The molecule has 124 valence electrons. The number of aromatic nitrogens is 4. The molecule has 2 N–H and O–H groups in total. The number of hydrogen-bond acceptors (Lipinski definition) is 4. The van der Waals surface area contributed by atoms with Gasteiger partial charge in [0.1, 0.15) is 11.4 Å². The second-order valence-electron chi connectivity index (χ2n) is 5.52. The Kier molecular flexibility index (Phi) is 4.33. The Hall–Kier alpha value is -3.09. The number of aromatic amines is 1. The minimum absolute atomic E-state index is 0.235. The van der Waals surface area contributed by atoms with Crippen LogP contribution in [0.3, 0.4) is 0 Å². The van der Waals surface area contributed by atoms with Gasteiger partial charge in [-0.05, 0) is 37.6 Å². The largest absolute Gasteiger partial charge is 0.494 e. The first-order valence-electron chi connectivity index (χ1n) is 7.56. The third-order valence-electron chi connectivity index (χ3n) is 3.78. The van der Waals surface area contributed by atoms with Crippen LogP contribution < -0.4 is 10.1 Å². The predicted molar refractivity (Wildman–Crippen MR) is 89.3 cm³/mol. The van der Waals surface area contributed by atoms with Crippen molar-refractivity contribution in [2.24, 2.45) is 0 Å². The van der Waals surface area contributed by atoms with Crippen molar-refractivity contribution in [2.45, 2.75) is 20.4 Å². The molecule has 0 fully saturated rings. The van der Waals surface area contributed by atoms with E-state index < -0.39 is 0 Å². The molecule has 0 saturated carbocycles. The average Bonchev–Trinajstić information content (AvgIpc) is 3.22. The van der Waals surface area contributed by atoms with Crippen molar-refractivity contribution in [3.8, 4) is 11.4 Å². The summed E-state index contributed by atoms with van der Waals surface area (Å²) in [5, 5.41) is 14.0. The molecule has 24 heavy (non-hydrogen) atoms. The molecule has 3 aromatic rings. The summed E-state index contributed by atoms with van der Waals surface area (Å²) in [4.78, 5) is 12.3. The van der Waals surface area contributed by atoms with Crippen molar-refractivity contribution in [1.82, 2.24) is 25.3 Å². The standard InChI is InChI=1S/C17H19N5O2/c1-11-4-5-16(24-3)15(8-11)22-7-6-14(21-22)17(23)18-9-13-10-19-20-12(13)2/h4-8,10H,9H2,1-3H3,(H,18,23)(H,19,20). The second kappa shape index (κ2) is 6.57. The van der Waals surface area contributed by atoms with E-state index in [2.05, 4.69) is 20.6 Å². The molecule has 0 unspecified atom stereocenters. The van der Waals surface area contributed by atoms with Crippen LogP contribution in [0.15, 0.2) is 36.7 Å². The van der Waals surface area contributed by atoms with E-state index in [0.29, 0.717) is 18.0 Å². The summed E-state index contributed by atoms with van der Waals surface area (Å²) in [5.41, 5.74) is 4.11. The molecular weight excluding hydrogens is 306 g/mol. The van der Waals surface area contributed by atoms with Crippen LogP contribution in [0.4, 0.5) is 0 Å². The molecule has 0 saturated heterocycles. The molecule has 0 aliphatic heterocycles. The average molecular weight is 325 g/mol. The van der Waals surface area contributed by atoms with E-state index in [-0.39, 0.29) is 5.91 Å². The van der Waals surface area contributed by atoms with Gasteiger partial charge in [-0.25, -0.2) is 4.68 Å². The molecule has 7 heteroatoms. The number of hydrogen-bond donors (Lipinski definition) is 2. The Morgan fingerprint density at radius 1 is 1.33 bits per heavy atom. The summed E-state index contributed by atoms with van der Waals surface area (Å²) < 4.78 is 7.01. The number of nitrogens with one attached hydrogen (secondary N) is 2. The lowest BCUT2D eigenvalue weighted by molar-refractivity contribution is 0.0945. The Morgan fingerprint density at radius 2 is 2.17 bits per heavy atom. The van der Waals surface area contributed by atoms with Crippen LogP contribution in [-0.2, 0) is 6.54 Å². The lowest BCUT2D eigenvalue weighted by Crippen LogP contribution is -2.23. The number of amides is 1. The maximum Gasteiger partial charge on any atom is 0.272 e. The Balaban J connectivity index is 1.77. The van der Waals surface area contributed by atoms with Crippen molar-refractivity contribution in [1.29, 1.82) is 0 Å². The molecule has 2 aromatic heterocycles. The molecular formula is C17H19N5O2. The number of carbonyl (C=O) groups is 1. The van der Waals surface area contributed by atoms with Crippen LogP contribution in [0.25, 0.3) is 5.69 Å². The monoisotopic (exact) mass is 325 g/mol. The first kappa shape index (κ1) is 15.8. The SMILES string of the molecule is COc1ccc(C)cc1-n1ccc(C(=O)NCc2cn[nH]c2C)n1. The molecule has 0 bridgehead atoms. The molecule has 7 nitrogen and oxygen atoms in total. The molecule has 0 atom stereocenters. The Morgan fingerprint density at radius 3 is 2.88 bits per heavy atom. The summed E-state index contributed by atoms with van der Waals surface area (Å²) in [7, 11) is 1.61. The summed E-state index contributed by atoms with van der Waals surface area (Å²) in [6.45, 7) is 4.31. The zero-order valence-electron chi connectivity index (χ0n) is 13.8. The fourth-order valence-electron chi connectivity index (χ4n) is 2.38. The van der Waals surface area contributed by atoms with Gasteiger partial charge in [-0.2, -0.15) is 10.2 Å². The lowest BCUT2D eigenvalue weighted by atomic mass is 10.2. The van der Waals surface area contributed by atoms with Gasteiger partial charge in [0, 0.05) is 24.0 Å². The fraction of sp³-hybridized carbons (Fsp3) is 0.235. The second-order valence-corrected chi connectivity index (χ2v) is 5.52. The summed E-state index contributed by atoms with van der Waals surface area (Å²) in [6, 6.07) is 7.49. The number of benzene rings is 1. The van der Waals surface area contributed by atoms with Crippen molar-refractivity contribution in [3.63, 3.8) is 0 Å². The van der Waals surface area contributed by atoms with Gasteiger partial charge in [0.2, 0.25) is 0 Å². The minimum atomic E-state index is -0.235. The van der Waals surface area contributed by atoms with Crippen LogP contribution in [0.1, 0.15) is 27.3 Å². The third-order valence-corrected chi connectivity index (χ3v) is 3.78. The number of rotatable bonds is 5. The van der Waals surface area contributed by atoms with E-state index in [9.17, 15) is 4.79 Å². The summed E-state index contributed by atoms with van der Waals surface area (Å²) in [6.07, 6.45) is 3.45. The van der Waals surface area contributed by atoms with Gasteiger partial charge < -0.3 is 10.1 Å². The lowest BCUT2D eigenvalue weighted by Gasteiger charge is -2.09. The van der Waals surface area contributed by atoms with Gasteiger partial charge in [0.05, 0.1) is 13.3 Å². The van der Waals surface area contributed by atoms with Gasteiger partial charge in [0.25, 0.3) is 5.91 Å². The van der Waals surface area contributed by atoms with Gasteiger partial charge in [-0.3, -0.25) is 9.89 Å². The third kappa shape index (κ3) is 3.15. The van der Waals surface area contributed by atoms with E-state index in [4.69, 9.17) is 4.74 Å². The number of nitrogens with zero attached hydrogens (tertiary/aromatic N) is 3. The van der Waals surface area contributed by atoms with E-state index >= 15 is 0 Å². The summed E-state index contributed by atoms with van der Waals surface area (Å²) >= 11 is 0. The van der Waals surface area contributed by atoms with Gasteiger partial charge in [0.15, 0.2) is 5.69 Å². The Bertz CT molecular complexity index is 866. The van der Waals surface area contributed by atoms with Crippen molar-refractivity contribution >= 4 is 5.91 Å². The highest BCUT2D eigenvalue weighted by atomic mass is 16.5. The van der Waals surface area contributed by atoms with Gasteiger partial charge in [-0.1, -0.05) is 6.07 Å². The highest BCUT2D eigenvalue weighted by Gasteiger charge is 2.13. The molecule has 3 rings (SSSR count). The molecule has 1 aromatic carbocycles. The zero-order chi connectivity index (χ0) is 17.1. The van der Waals surface area contributed by atoms with Crippen LogP contribution in [-0.4, -0.2) is 33.0 Å². The number of ether oxygens (including phenoxy) is 1. The normalized spacial score (nSPS) is 10.6. The first-order valence-corrected chi connectivity index (χ1v) is 7.56. The number of H-pyrrole nitrogens is 1. The fourth-order valence-corrected chi connectivity index (χ4v) is 2.38. The smallest absolute Gasteiger partial charge is 0.272 e. The maximum absolute atomic E-state index is 12.3. The van der Waals surface area contributed by atoms with Crippen molar-refractivity contribution < 1.29 is 9.53 Å². The van der Waals surface area contributed by atoms with Crippen LogP contribution >= 0.6 is 0 Å². The number of aryl methyl sites for hydroxylation is 2. The van der Waals surface area contributed by atoms with Crippen molar-refractivity contribution in [3.05, 3.63) is 59.2 Å². The van der Waals surface area contributed by atoms with E-state index in [0.717, 1.165) is 22.5 Å². The van der Waals surface area contributed by atoms with E-state index in [1.54, 1.807) is 30.3 Å². The maximum atomic E-state index is 12.3. The van der Waals surface area contributed by atoms with Crippen LogP contribution in [0, 0.1) is 13.8 Å². The quantitative estimate of drug-likeness (QED) is 0.753. The Labute approximate surface area is 139 Å². The zero-order valence-corrected chi connectivity index (χ0v) is 13.8. The van der Waals surface area contributed by atoms with Gasteiger partial charge in [-0.15, -0.1) is 0 Å². The van der Waals surface area contributed by atoms with Crippen molar-refractivity contribution in [2.75, 3.05) is 7.11 Å². The minimum Gasteiger partial charge on any atom is -0.494 e. The molecule has 2 heterocycles. The van der Waals surface area contributed by atoms with Crippen LogP contribution in [0.2, 0.25) is 0 Å². The molecule has 0 aliphatic carbocycles. The highest BCUT2D eigenvalue weighted by molar-refractivity contribution is 5.92.